The van der Waals surface area contributed by atoms with Gasteiger partial charge in [-0.15, -0.1) is 0 Å². The Labute approximate surface area is 142 Å². The summed E-state index contributed by atoms with van der Waals surface area (Å²) in [6, 6.07) is 9.21. The smallest absolute Gasteiger partial charge is 0.324 e. The molecule has 5 nitrogen and oxygen atoms in total. The van der Waals surface area contributed by atoms with E-state index in [9.17, 15) is 14.4 Å². The number of esters is 2. The molecule has 2 rings (SSSR count). The Morgan fingerprint density at radius 3 is 2.17 bits per heavy atom. The van der Waals surface area contributed by atoms with E-state index in [-0.39, 0.29) is 18.6 Å². The molecular weight excluding hydrogens is 308 g/mol. The van der Waals surface area contributed by atoms with E-state index in [1.54, 1.807) is 0 Å². The molecule has 0 amide bonds. The van der Waals surface area contributed by atoms with Gasteiger partial charge in [0.25, 0.3) is 0 Å². The summed E-state index contributed by atoms with van der Waals surface area (Å²) in [5.74, 6) is -2.17. The first-order chi connectivity index (χ1) is 11.5. The Balaban J connectivity index is 2.67. The van der Waals surface area contributed by atoms with Crippen LogP contribution in [0.25, 0.3) is 0 Å². The van der Waals surface area contributed by atoms with Crippen molar-refractivity contribution in [3.05, 3.63) is 35.9 Å². The number of hydrogen-bond donors (Lipinski definition) is 0. The maximum atomic E-state index is 12.8. The number of hydrogen-bond acceptors (Lipinski definition) is 5. The molecule has 0 heterocycles. The number of methoxy groups -OCH3 is 2. The minimum Gasteiger partial charge on any atom is -0.468 e. The number of rotatable bonds is 5. The van der Waals surface area contributed by atoms with Gasteiger partial charge in [-0.25, -0.2) is 0 Å². The highest BCUT2D eigenvalue weighted by Crippen LogP contribution is 2.52. The summed E-state index contributed by atoms with van der Waals surface area (Å²) in [6.45, 7) is 1.97. The Hall–Kier alpha value is -2.17. The molecule has 5 heteroatoms. The van der Waals surface area contributed by atoms with Crippen molar-refractivity contribution >= 4 is 17.7 Å². The minimum absolute atomic E-state index is 0.0609. The lowest BCUT2D eigenvalue weighted by atomic mass is 9.56. The fourth-order valence-electron chi connectivity index (χ4n) is 3.98. The summed E-state index contributed by atoms with van der Waals surface area (Å²) in [5, 5.41) is 0. The van der Waals surface area contributed by atoms with E-state index in [1.807, 2.05) is 37.3 Å². The largest absolute Gasteiger partial charge is 0.468 e. The Morgan fingerprint density at radius 2 is 1.67 bits per heavy atom. The molecule has 0 aliphatic heterocycles. The molecule has 1 aliphatic rings. The zero-order valence-corrected chi connectivity index (χ0v) is 14.4. The molecule has 1 saturated carbocycles. The molecule has 1 aliphatic carbocycles. The van der Waals surface area contributed by atoms with Crippen LogP contribution in [0, 0.1) is 11.3 Å². The van der Waals surface area contributed by atoms with Gasteiger partial charge in [-0.3, -0.25) is 14.4 Å². The molecule has 0 spiro atoms. The molecule has 0 radical (unpaired) electrons. The average Bonchev–Trinajstić information content (AvgIpc) is 2.61. The molecule has 0 bridgehead atoms. The lowest BCUT2D eigenvalue weighted by Crippen LogP contribution is -2.55. The van der Waals surface area contributed by atoms with Crippen molar-refractivity contribution in [1.29, 1.82) is 0 Å². The van der Waals surface area contributed by atoms with Crippen molar-refractivity contribution in [1.82, 2.24) is 0 Å². The number of benzene rings is 1. The SMILES string of the molecule is CCC[C@H]1CC(=O)C[C@H](c2ccccc2)C1(C(=O)OC)C(=O)OC. The van der Waals surface area contributed by atoms with Gasteiger partial charge in [-0.05, 0) is 17.9 Å². The standard InChI is InChI=1S/C19H24O5/c1-4-8-14-11-15(20)12-16(13-9-6-5-7-10-13)19(14,17(21)23-2)18(22)24-3/h5-7,9-10,14,16H,4,8,11-12H2,1-3H3/t14-,16+/m0/s1. The van der Waals surface area contributed by atoms with Crippen LogP contribution < -0.4 is 0 Å². The number of ether oxygens (including phenoxy) is 2. The molecule has 24 heavy (non-hydrogen) atoms. The van der Waals surface area contributed by atoms with Crippen LogP contribution >= 0.6 is 0 Å². The van der Waals surface area contributed by atoms with Crippen molar-refractivity contribution < 1.29 is 23.9 Å². The third kappa shape index (κ3) is 2.95. The van der Waals surface area contributed by atoms with Gasteiger partial charge in [-0.2, -0.15) is 0 Å². The lowest BCUT2D eigenvalue weighted by molar-refractivity contribution is -0.179. The summed E-state index contributed by atoms with van der Waals surface area (Å²) in [4.78, 5) is 38.0. The van der Waals surface area contributed by atoms with E-state index in [0.717, 1.165) is 12.0 Å². The molecule has 0 saturated heterocycles. The third-order valence-electron chi connectivity index (χ3n) is 4.98. The first kappa shape index (κ1) is 18.2. The molecule has 130 valence electrons. The summed E-state index contributed by atoms with van der Waals surface area (Å²) < 4.78 is 10.1. The van der Waals surface area contributed by atoms with Crippen LogP contribution in [0.1, 0.15) is 44.1 Å². The maximum Gasteiger partial charge on any atom is 0.324 e. The fraction of sp³-hybridized carbons (Fsp3) is 0.526. The van der Waals surface area contributed by atoms with Crippen molar-refractivity contribution in [2.24, 2.45) is 11.3 Å². The highest BCUT2D eigenvalue weighted by atomic mass is 16.5. The van der Waals surface area contributed by atoms with E-state index in [0.29, 0.717) is 6.42 Å². The second-order valence-electron chi connectivity index (χ2n) is 6.25. The van der Waals surface area contributed by atoms with Crippen LogP contribution in [0.4, 0.5) is 0 Å². The molecule has 0 aromatic heterocycles. The van der Waals surface area contributed by atoms with Crippen molar-refractivity contribution in [2.45, 2.75) is 38.5 Å². The minimum atomic E-state index is -1.48. The van der Waals surface area contributed by atoms with Gasteiger partial charge in [0.1, 0.15) is 5.78 Å². The average molecular weight is 332 g/mol. The summed E-state index contributed by atoms with van der Waals surface area (Å²) in [5.41, 5.74) is -0.697. The highest BCUT2D eigenvalue weighted by Gasteiger charge is 2.62. The molecule has 2 atom stereocenters. The predicted octanol–water partition coefficient (Wildman–Crippen LogP) is 2.88. The van der Waals surface area contributed by atoms with Gasteiger partial charge >= 0.3 is 11.9 Å². The predicted molar refractivity (Wildman–Crippen MR) is 88.3 cm³/mol. The summed E-state index contributed by atoms with van der Waals surface area (Å²) in [6.07, 6.45) is 1.67. The number of Topliss-reactive ketones (excluding diaryl/α,β-unsaturated/α-hetero) is 1. The normalized spacial score (nSPS) is 22.7. The molecule has 0 unspecified atom stereocenters. The Bertz CT molecular complexity index is 591. The van der Waals surface area contributed by atoms with Gasteiger partial charge in [0.05, 0.1) is 14.2 Å². The Kier molecular flexibility index (Phi) is 5.75. The first-order valence-corrected chi connectivity index (χ1v) is 8.25. The topological polar surface area (TPSA) is 69.7 Å². The number of carbonyl (C=O) groups excluding carboxylic acids is 3. The van der Waals surface area contributed by atoms with Crippen molar-refractivity contribution in [3.8, 4) is 0 Å². The molecule has 1 fully saturated rings. The molecule has 0 N–H and O–H groups in total. The van der Waals surface area contributed by atoms with Crippen LogP contribution in [-0.4, -0.2) is 31.9 Å². The molecule has 1 aromatic rings. The van der Waals surface area contributed by atoms with Gasteiger partial charge in [-0.1, -0.05) is 43.7 Å². The monoisotopic (exact) mass is 332 g/mol. The van der Waals surface area contributed by atoms with Crippen LogP contribution in [0.2, 0.25) is 0 Å². The second kappa shape index (κ2) is 7.60. The van der Waals surface area contributed by atoms with Crippen LogP contribution in [0.3, 0.4) is 0 Å². The van der Waals surface area contributed by atoms with Crippen LogP contribution in [0.15, 0.2) is 30.3 Å². The van der Waals surface area contributed by atoms with E-state index < -0.39 is 29.2 Å². The van der Waals surface area contributed by atoms with E-state index in [1.165, 1.54) is 14.2 Å². The summed E-state index contributed by atoms with van der Waals surface area (Å²) in [7, 11) is 2.54. The van der Waals surface area contributed by atoms with Gasteiger partial charge in [0.15, 0.2) is 5.41 Å². The zero-order chi connectivity index (χ0) is 17.7. The Morgan fingerprint density at radius 1 is 1.08 bits per heavy atom. The highest BCUT2D eigenvalue weighted by molar-refractivity contribution is 6.04. The van der Waals surface area contributed by atoms with Gasteiger partial charge in [0, 0.05) is 18.8 Å². The second-order valence-corrected chi connectivity index (χ2v) is 6.25. The number of carbonyl (C=O) groups is 3. The van der Waals surface area contributed by atoms with Crippen molar-refractivity contribution in [2.75, 3.05) is 14.2 Å². The fourth-order valence-corrected chi connectivity index (χ4v) is 3.98. The van der Waals surface area contributed by atoms with E-state index in [2.05, 4.69) is 0 Å². The van der Waals surface area contributed by atoms with Crippen LogP contribution in [0.5, 0.6) is 0 Å². The van der Waals surface area contributed by atoms with E-state index in [4.69, 9.17) is 9.47 Å². The zero-order valence-electron chi connectivity index (χ0n) is 14.4. The lowest BCUT2D eigenvalue weighted by Gasteiger charge is -2.44. The van der Waals surface area contributed by atoms with E-state index >= 15 is 0 Å². The van der Waals surface area contributed by atoms with Gasteiger partial charge in [0.2, 0.25) is 0 Å². The third-order valence-corrected chi connectivity index (χ3v) is 4.98. The van der Waals surface area contributed by atoms with Crippen LogP contribution in [-0.2, 0) is 23.9 Å². The first-order valence-electron chi connectivity index (χ1n) is 8.25. The van der Waals surface area contributed by atoms with Gasteiger partial charge < -0.3 is 9.47 Å². The maximum absolute atomic E-state index is 12.8. The molecular formula is C19H24O5. The summed E-state index contributed by atoms with van der Waals surface area (Å²) >= 11 is 0. The quantitative estimate of drug-likeness (QED) is 0.612. The molecule has 1 aromatic carbocycles. The number of ketones is 1. The van der Waals surface area contributed by atoms with Crippen molar-refractivity contribution in [3.63, 3.8) is 0 Å².